The van der Waals surface area contributed by atoms with Gasteiger partial charge in [-0.3, -0.25) is 4.57 Å². The van der Waals surface area contributed by atoms with Crippen molar-refractivity contribution in [2.45, 2.75) is 31.0 Å². The maximum atomic E-state index is 6.09. The van der Waals surface area contributed by atoms with E-state index in [-0.39, 0.29) is 0 Å². The van der Waals surface area contributed by atoms with E-state index in [0.717, 1.165) is 40.4 Å². The molecule has 0 saturated carbocycles. The molecule has 0 unspecified atom stereocenters. The van der Waals surface area contributed by atoms with Gasteiger partial charge in [0, 0.05) is 24.6 Å². The van der Waals surface area contributed by atoms with Crippen LogP contribution in [0.1, 0.15) is 22.8 Å². The fourth-order valence-electron chi connectivity index (χ4n) is 3.72. The number of thioether (sulfide) groups is 1. The summed E-state index contributed by atoms with van der Waals surface area (Å²) in [5, 5.41) is 9.78. The van der Waals surface area contributed by atoms with Crippen LogP contribution in [0, 0.1) is 6.92 Å². The monoisotopic (exact) mass is 467 g/mol. The molecule has 3 aromatic carbocycles. The van der Waals surface area contributed by atoms with Crippen molar-refractivity contribution in [2.75, 3.05) is 0 Å². The lowest BCUT2D eigenvalue weighted by Gasteiger charge is -2.12. The summed E-state index contributed by atoms with van der Waals surface area (Å²) in [6, 6.07) is 28.5. The Morgan fingerprint density at radius 3 is 2.35 bits per heavy atom. The van der Waals surface area contributed by atoms with Crippen molar-refractivity contribution in [3.8, 4) is 11.4 Å². The minimum absolute atomic E-state index is 0.329. The van der Waals surface area contributed by atoms with E-state index in [0.29, 0.717) is 12.4 Å². The van der Waals surface area contributed by atoms with Crippen LogP contribution in [0.4, 0.5) is 0 Å². The van der Waals surface area contributed by atoms with Gasteiger partial charge < -0.3 is 9.30 Å². The van der Waals surface area contributed by atoms with Crippen molar-refractivity contribution < 1.29 is 4.74 Å². The fourth-order valence-corrected chi connectivity index (χ4v) is 4.65. The molecule has 5 aromatic rings. The molecule has 0 amide bonds. The Morgan fingerprint density at radius 1 is 0.824 bits per heavy atom. The highest BCUT2D eigenvalue weighted by molar-refractivity contribution is 7.98. The van der Waals surface area contributed by atoms with Crippen LogP contribution in [0.2, 0.25) is 0 Å². The smallest absolute Gasteiger partial charge is 0.196 e. The van der Waals surface area contributed by atoms with Crippen LogP contribution >= 0.6 is 11.8 Å². The first-order valence-corrected chi connectivity index (χ1v) is 12.1. The number of aryl methyl sites for hydroxylation is 1. The van der Waals surface area contributed by atoms with Crippen molar-refractivity contribution >= 4 is 11.8 Å². The highest BCUT2D eigenvalue weighted by Crippen LogP contribution is 2.26. The Morgan fingerprint density at radius 2 is 1.56 bits per heavy atom. The average Bonchev–Trinajstić information content (AvgIpc) is 3.50. The zero-order valence-electron chi connectivity index (χ0n) is 18.9. The summed E-state index contributed by atoms with van der Waals surface area (Å²) in [7, 11) is 0. The van der Waals surface area contributed by atoms with E-state index in [1.807, 2.05) is 67.8 Å². The van der Waals surface area contributed by atoms with Crippen LogP contribution in [-0.2, 0) is 18.9 Å². The number of rotatable bonds is 9. The molecule has 0 fully saturated rings. The highest BCUT2D eigenvalue weighted by atomic mass is 32.2. The Labute approximate surface area is 203 Å². The Kier molecular flexibility index (Phi) is 6.72. The molecule has 7 heteroatoms. The lowest BCUT2D eigenvalue weighted by atomic mass is 10.2. The number of nitrogens with zero attached hydrogens (tertiary/aromatic N) is 5. The molecule has 0 radical (unpaired) electrons. The largest absolute Gasteiger partial charge is 0.485 e. The minimum atomic E-state index is 0.329. The van der Waals surface area contributed by atoms with Gasteiger partial charge in [-0.15, -0.1) is 10.2 Å². The molecule has 6 nitrogen and oxygen atoms in total. The van der Waals surface area contributed by atoms with Crippen LogP contribution in [0.25, 0.3) is 5.69 Å². The van der Waals surface area contributed by atoms with Gasteiger partial charge in [-0.1, -0.05) is 78.5 Å². The third-order valence-corrected chi connectivity index (χ3v) is 6.42. The Balaban J connectivity index is 1.36. The highest BCUT2D eigenvalue weighted by Gasteiger charge is 2.16. The molecule has 0 spiro atoms. The van der Waals surface area contributed by atoms with Crippen LogP contribution in [0.5, 0.6) is 5.75 Å². The van der Waals surface area contributed by atoms with Gasteiger partial charge in [-0.25, -0.2) is 4.98 Å². The average molecular weight is 468 g/mol. The standard InChI is InChI=1S/C27H25N5OS/c1-21-10-8-9-15-24(21)33-19-25-29-30-27(32(25)23-13-6-3-7-14-23)34-20-26-28-16-17-31(26)18-22-11-4-2-5-12-22/h2-17H,18-20H2,1H3. The summed E-state index contributed by atoms with van der Waals surface area (Å²) < 4.78 is 10.3. The second-order valence-electron chi connectivity index (χ2n) is 7.87. The second kappa shape index (κ2) is 10.4. The zero-order chi connectivity index (χ0) is 23.2. The first-order valence-electron chi connectivity index (χ1n) is 11.1. The quantitative estimate of drug-likeness (QED) is 0.261. The van der Waals surface area contributed by atoms with E-state index in [1.165, 1.54) is 5.56 Å². The van der Waals surface area contributed by atoms with Gasteiger partial charge in [-0.2, -0.15) is 0 Å². The number of imidazole rings is 1. The lowest BCUT2D eigenvalue weighted by Crippen LogP contribution is -2.07. The molecule has 0 saturated heterocycles. The maximum Gasteiger partial charge on any atom is 0.196 e. The number of ether oxygens (including phenoxy) is 1. The molecule has 2 heterocycles. The predicted molar refractivity (Wildman–Crippen MR) is 134 cm³/mol. The molecule has 5 rings (SSSR count). The second-order valence-corrected chi connectivity index (χ2v) is 8.81. The van der Waals surface area contributed by atoms with Crippen LogP contribution in [-0.4, -0.2) is 24.3 Å². The van der Waals surface area contributed by atoms with E-state index < -0.39 is 0 Å². The first kappa shape index (κ1) is 22.0. The molecule has 170 valence electrons. The van der Waals surface area contributed by atoms with Crippen molar-refractivity contribution in [2.24, 2.45) is 0 Å². The van der Waals surface area contributed by atoms with Gasteiger partial charge in [0.2, 0.25) is 0 Å². The van der Waals surface area contributed by atoms with E-state index in [1.54, 1.807) is 11.8 Å². The lowest BCUT2D eigenvalue weighted by molar-refractivity contribution is 0.291. The van der Waals surface area contributed by atoms with Crippen molar-refractivity contribution in [3.05, 3.63) is 120 Å². The molecule has 0 aliphatic carbocycles. The number of benzene rings is 3. The van der Waals surface area contributed by atoms with E-state index >= 15 is 0 Å². The van der Waals surface area contributed by atoms with Gasteiger partial charge >= 0.3 is 0 Å². The predicted octanol–water partition coefficient (Wildman–Crippen LogP) is 5.69. The third kappa shape index (κ3) is 5.05. The molecule has 2 aromatic heterocycles. The Bertz CT molecular complexity index is 1350. The van der Waals surface area contributed by atoms with E-state index in [2.05, 4.69) is 60.7 Å². The van der Waals surface area contributed by atoms with Gasteiger partial charge in [0.1, 0.15) is 18.2 Å². The SMILES string of the molecule is Cc1ccccc1OCc1nnc(SCc2nccn2Cc2ccccc2)n1-c1ccccc1. The van der Waals surface area contributed by atoms with Crippen LogP contribution < -0.4 is 4.74 Å². The molecule has 0 atom stereocenters. The van der Waals surface area contributed by atoms with Crippen LogP contribution in [0.15, 0.2) is 102 Å². The molecular formula is C27H25N5OS. The number of hydrogen-bond donors (Lipinski definition) is 0. The molecule has 0 N–H and O–H groups in total. The van der Waals surface area contributed by atoms with Gasteiger partial charge in [-0.05, 0) is 36.2 Å². The summed E-state index contributed by atoms with van der Waals surface area (Å²) >= 11 is 1.62. The van der Waals surface area contributed by atoms with Crippen molar-refractivity contribution in [1.29, 1.82) is 0 Å². The summed E-state index contributed by atoms with van der Waals surface area (Å²) in [6.07, 6.45) is 3.87. The Hall–Kier alpha value is -3.84. The summed E-state index contributed by atoms with van der Waals surface area (Å²) in [5.74, 6) is 3.28. The summed E-state index contributed by atoms with van der Waals surface area (Å²) in [4.78, 5) is 4.58. The molecule has 0 bridgehead atoms. The zero-order valence-corrected chi connectivity index (χ0v) is 19.7. The van der Waals surface area contributed by atoms with Crippen LogP contribution in [0.3, 0.4) is 0 Å². The number of aromatic nitrogens is 5. The maximum absolute atomic E-state index is 6.09. The van der Waals surface area contributed by atoms with E-state index in [4.69, 9.17) is 4.74 Å². The molecular weight excluding hydrogens is 442 g/mol. The summed E-state index contributed by atoms with van der Waals surface area (Å²) in [6.45, 7) is 3.16. The molecule has 0 aliphatic rings. The fraction of sp³-hybridized carbons (Fsp3) is 0.148. The number of hydrogen-bond acceptors (Lipinski definition) is 5. The van der Waals surface area contributed by atoms with Crippen molar-refractivity contribution in [1.82, 2.24) is 24.3 Å². The van der Waals surface area contributed by atoms with Gasteiger partial charge in [0.15, 0.2) is 11.0 Å². The third-order valence-electron chi connectivity index (χ3n) is 5.49. The van der Waals surface area contributed by atoms with Crippen molar-refractivity contribution in [3.63, 3.8) is 0 Å². The molecule has 0 aliphatic heterocycles. The number of para-hydroxylation sites is 2. The van der Waals surface area contributed by atoms with E-state index in [9.17, 15) is 0 Å². The first-order chi connectivity index (χ1) is 16.8. The molecule has 34 heavy (non-hydrogen) atoms. The summed E-state index contributed by atoms with van der Waals surface area (Å²) in [5.41, 5.74) is 3.34. The van der Waals surface area contributed by atoms with Gasteiger partial charge in [0.25, 0.3) is 0 Å². The normalized spacial score (nSPS) is 11.0. The van der Waals surface area contributed by atoms with Gasteiger partial charge in [0.05, 0.1) is 5.75 Å². The minimum Gasteiger partial charge on any atom is -0.485 e. The topological polar surface area (TPSA) is 57.8 Å².